The van der Waals surface area contributed by atoms with E-state index in [0.717, 1.165) is 30.8 Å². The Morgan fingerprint density at radius 2 is 1.83 bits per heavy atom. The summed E-state index contributed by atoms with van der Waals surface area (Å²) in [5.74, 6) is 0.0663. The zero-order valence-electron chi connectivity index (χ0n) is 14.7. The lowest BCUT2D eigenvalue weighted by atomic mass is 10.1. The Morgan fingerprint density at radius 3 is 2.52 bits per heavy atom. The van der Waals surface area contributed by atoms with Gasteiger partial charge in [-0.15, -0.1) is 11.3 Å². The summed E-state index contributed by atoms with van der Waals surface area (Å²) >= 11 is 6.33. The van der Waals surface area contributed by atoms with Crippen molar-refractivity contribution in [2.24, 2.45) is 0 Å². The van der Waals surface area contributed by atoms with Gasteiger partial charge in [0.1, 0.15) is 16.2 Å². The lowest BCUT2D eigenvalue weighted by molar-refractivity contribution is -0.384. The number of hydrogen-bond donors (Lipinski definition) is 0. The molecule has 6 nitrogen and oxygen atoms in total. The van der Waals surface area contributed by atoms with Gasteiger partial charge in [-0.05, 0) is 29.8 Å². The van der Waals surface area contributed by atoms with Crippen LogP contribution in [0.3, 0.4) is 0 Å². The van der Waals surface area contributed by atoms with Crippen LogP contribution in [0.5, 0.6) is 0 Å². The average Bonchev–Trinajstić information content (AvgIpc) is 3.17. The molecule has 29 heavy (non-hydrogen) atoms. The first-order valence-electron chi connectivity index (χ1n) is 8.41. The monoisotopic (exact) mass is 485 g/mol. The molecule has 0 aliphatic heterocycles. The Morgan fingerprint density at radius 1 is 1.10 bits per heavy atom. The van der Waals surface area contributed by atoms with Gasteiger partial charge in [-0.1, -0.05) is 39.8 Å². The molecular formula is C20H12BrN3O3S2. The predicted molar refractivity (Wildman–Crippen MR) is 119 cm³/mol. The molecule has 0 aliphatic rings. The van der Waals surface area contributed by atoms with E-state index in [1.807, 2.05) is 29.6 Å². The van der Waals surface area contributed by atoms with Crippen LogP contribution in [0.1, 0.15) is 10.4 Å². The van der Waals surface area contributed by atoms with E-state index >= 15 is 0 Å². The first kappa shape index (κ1) is 19.7. The number of nitrogens with zero attached hydrogens (tertiary/aromatic N) is 3. The van der Waals surface area contributed by atoms with Gasteiger partial charge in [0.25, 0.3) is 5.69 Å². The van der Waals surface area contributed by atoms with Gasteiger partial charge in [0, 0.05) is 33.1 Å². The second-order valence-electron chi connectivity index (χ2n) is 6.03. The fourth-order valence-electron chi connectivity index (χ4n) is 2.79. The maximum atomic E-state index is 12.5. The van der Waals surface area contributed by atoms with E-state index in [-0.39, 0.29) is 17.2 Å². The molecule has 0 atom stereocenters. The molecule has 0 radical (unpaired) electrons. The molecule has 2 heterocycles. The topological polar surface area (TPSA) is 86.0 Å². The number of halogens is 1. The number of hydrogen-bond acceptors (Lipinski definition) is 7. The number of carbonyl (C=O) groups excluding carboxylic acids is 1. The Hall–Kier alpha value is -2.62. The van der Waals surface area contributed by atoms with Crippen molar-refractivity contribution in [1.82, 2.24) is 9.97 Å². The summed E-state index contributed by atoms with van der Waals surface area (Å²) in [6, 6.07) is 13.6. The highest BCUT2D eigenvalue weighted by molar-refractivity contribution is 9.10. The maximum Gasteiger partial charge on any atom is 0.269 e. The van der Waals surface area contributed by atoms with Gasteiger partial charge in [-0.25, -0.2) is 9.97 Å². The second-order valence-corrected chi connectivity index (χ2v) is 8.77. The number of nitro groups is 1. The van der Waals surface area contributed by atoms with E-state index in [1.165, 1.54) is 53.7 Å². The minimum atomic E-state index is -0.485. The summed E-state index contributed by atoms with van der Waals surface area (Å²) in [5, 5.41) is 14.5. The number of rotatable bonds is 6. The van der Waals surface area contributed by atoms with Gasteiger partial charge in [-0.3, -0.25) is 14.9 Å². The summed E-state index contributed by atoms with van der Waals surface area (Å²) in [6.45, 7) is 0. The van der Waals surface area contributed by atoms with E-state index in [1.54, 1.807) is 0 Å². The third kappa shape index (κ3) is 4.21. The van der Waals surface area contributed by atoms with Gasteiger partial charge in [0.2, 0.25) is 0 Å². The zero-order chi connectivity index (χ0) is 20.4. The zero-order valence-corrected chi connectivity index (χ0v) is 18.0. The standard InChI is InChI=1S/C20H12BrN3O3S2/c21-14-5-1-12(2-6-14)16-9-28-19-18(16)20(23-11-22-19)29-10-17(25)13-3-7-15(8-4-13)24(26)27/h1-9,11H,10H2. The summed E-state index contributed by atoms with van der Waals surface area (Å²) in [7, 11) is 0. The van der Waals surface area contributed by atoms with Gasteiger partial charge in [0.15, 0.2) is 5.78 Å². The fourth-order valence-corrected chi connectivity index (χ4v) is 4.94. The molecule has 0 fully saturated rings. The average molecular weight is 486 g/mol. The maximum absolute atomic E-state index is 12.5. The van der Waals surface area contributed by atoms with Crippen LogP contribution in [0.15, 0.2) is 69.7 Å². The van der Waals surface area contributed by atoms with Crippen molar-refractivity contribution in [2.75, 3.05) is 5.75 Å². The van der Waals surface area contributed by atoms with Crippen LogP contribution in [-0.2, 0) is 0 Å². The molecule has 4 rings (SSSR count). The number of thioether (sulfide) groups is 1. The van der Waals surface area contributed by atoms with Crippen molar-refractivity contribution in [3.63, 3.8) is 0 Å². The van der Waals surface area contributed by atoms with E-state index in [0.29, 0.717) is 5.56 Å². The molecule has 0 saturated heterocycles. The molecule has 144 valence electrons. The molecule has 0 aliphatic carbocycles. The highest BCUT2D eigenvalue weighted by Crippen LogP contribution is 2.38. The quantitative estimate of drug-likeness (QED) is 0.109. The third-order valence-electron chi connectivity index (χ3n) is 4.23. The van der Waals surface area contributed by atoms with Gasteiger partial charge < -0.3 is 0 Å². The highest BCUT2D eigenvalue weighted by Gasteiger charge is 2.16. The van der Waals surface area contributed by atoms with Gasteiger partial charge in [0.05, 0.1) is 16.1 Å². The highest BCUT2D eigenvalue weighted by atomic mass is 79.9. The fraction of sp³-hybridized carbons (Fsp3) is 0.0500. The van der Waals surface area contributed by atoms with Gasteiger partial charge in [-0.2, -0.15) is 0 Å². The summed E-state index contributed by atoms with van der Waals surface area (Å²) < 4.78 is 1.00. The SMILES string of the molecule is O=C(CSc1ncnc2scc(-c3ccc(Br)cc3)c12)c1ccc([N+](=O)[O-])cc1. The van der Waals surface area contributed by atoms with Crippen molar-refractivity contribution in [3.05, 3.63) is 80.4 Å². The van der Waals surface area contributed by atoms with E-state index < -0.39 is 4.92 Å². The first-order chi connectivity index (χ1) is 14.0. The van der Waals surface area contributed by atoms with Crippen molar-refractivity contribution in [1.29, 1.82) is 0 Å². The molecule has 0 spiro atoms. The number of carbonyl (C=O) groups is 1. The van der Waals surface area contributed by atoms with Crippen molar-refractivity contribution in [3.8, 4) is 11.1 Å². The molecule has 0 saturated carbocycles. The Balaban J connectivity index is 1.59. The molecule has 0 amide bonds. The summed E-state index contributed by atoms with van der Waals surface area (Å²) in [6.07, 6.45) is 1.50. The van der Waals surface area contributed by atoms with Crippen LogP contribution in [-0.4, -0.2) is 26.4 Å². The minimum Gasteiger partial charge on any atom is -0.293 e. The minimum absolute atomic E-state index is 0.0378. The van der Waals surface area contributed by atoms with Gasteiger partial charge >= 0.3 is 0 Å². The summed E-state index contributed by atoms with van der Waals surface area (Å²) in [4.78, 5) is 32.4. The largest absolute Gasteiger partial charge is 0.293 e. The number of non-ortho nitro benzene ring substituents is 1. The number of aromatic nitrogens is 2. The van der Waals surface area contributed by atoms with Crippen LogP contribution in [0.4, 0.5) is 5.69 Å². The molecule has 2 aromatic heterocycles. The molecule has 0 unspecified atom stereocenters. The number of thiophene rings is 1. The molecule has 0 N–H and O–H groups in total. The smallest absolute Gasteiger partial charge is 0.269 e. The number of fused-ring (bicyclic) bond motifs is 1. The molecule has 0 bridgehead atoms. The lowest BCUT2D eigenvalue weighted by Crippen LogP contribution is -2.03. The number of ketones is 1. The Labute approximate surface area is 182 Å². The number of Topliss-reactive ketones (excluding diaryl/α,β-unsaturated/α-hetero) is 1. The van der Waals surface area contributed by atoms with Crippen LogP contribution in [0.25, 0.3) is 21.3 Å². The van der Waals surface area contributed by atoms with Crippen molar-refractivity contribution in [2.45, 2.75) is 5.03 Å². The lowest BCUT2D eigenvalue weighted by Gasteiger charge is -2.05. The van der Waals surface area contributed by atoms with Crippen molar-refractivity contribution < 1.29 is 9.72 Å². The Bertz CT molecular complexity index is 1210. The third-order valence-corrected chi connectivity index (χ3v) is 6.64. The number of nitro benzene ring substituents is 1. The van der Waals surface area contributed by atoms with Crippen LogP contribution < -0.4 is 0 Å². The predicted octanol–water partition coefficient (Wildman–Crippen LogP) is 6.00. The molecule has 4 aromatic rings. The Kier molecular flexibility index (Phi) is 5.70. The van der Waals surface area contributed by atoms with Crippen molar-refractivity contribution >= 4 is 60.7 Å². The van der Waals surface area contributed by atoms with Crippen LogP contribution in [0.2, 0.25) is 0 Å². The molecule has 9 heteroatoms. The first-order valence-corrected chi connectivity index (χ1v) is 11.1. The second kappa shape index (κ2) is 8.40. The van der Waals surface area contributed by atoms with Crippen LogP contribution in [0, 0.1) is 10.1 Å². The number of benzene rings is 2. The normalized spacial score (nSPS) is 10.9. The van der Waals surface area contributed by atoms with Crippen LogP contribution >= 0.6 is 39.0 Å². The van der Waals surface area contributed by atoms with E-state index in [2.05, 4.69) is 25.9 Å². The van der Waals surface area contributed by atoms with E-state index in [9.17, 15) is 14.9 Å². The van der Waals surface area contributed by atoms with E-state index in [4.69, 9.17) is 0 Å². The molecule has 2 aromatic carbocycles. The molecular weight excluding hydrogens is 474 g/mol. The summed E-state index contributed by atoms with van der Waals surface area (Å²) in [5.41, 5.74) is 2.48.